The fraction of sp³-hybridized carbons (Fsp3) is 0.774. The maximum Gasteiger partial charge on any atom is 0.269 e. The van der Waals surface area contributed by atoms with Crippen molar-refractivity contribution in [3.05, 3.63) is 29.6 Å². The minimum atomic E-state index is -0.164. The number of carbonyl (C=O) groups excluding carboxylic acids is 2. The van der Waals surface area contributed by atoms with E-state index in [1.807, 2.05) is 0 Å². The van der Waals surface area contributed by atoms with E-state index in [4.69, 9.17) is 0 Å². The Labute approximate surface area is 222 Å². The van der Waals surface area contributed by atoms with Gasteiger partial charge in [0.25, 0.3) is 11.8 Å². The first kappa shape index (κ1) is 32.1. The van der Waals surface area contributed by atoms with Gasteiger partial charge >= 0.3 is 0 Å². The number of pyridine rings is 1. The summed E-state index contributed by atoms with van der Waals surface area (Å²) in [6.07, 6.45) is 27.1. The van der Waals surface area contributed by atoms with Gasteiger partial charge in [0.15, 0.2) is 0 Å². The molecule has 0 saturated heterocycles. The molecule has 0 fully saturated rings. The first-order valence-corrected chi connectivity index (χ1v) is 15.2. The van der Waals surface area contributed by atoms with Crippen molar-refractivity contribution < 1.29 is 9.59 Å². The van der Waals surface area contributed by atoms with Crippen molar-refractivity contribution in [3.8, 4) is 0 Å². The van der Waals surface area contributed by atoms with Crippen molar-refractivity contribution in [1.82, 2.24) is 15.6 Å². The van der Waals surface area contributed by atoms with E-state index >= 15 is 0 Å². The van der Waals surface area contributed by atoms with Crippen LogP contribution in [0.5, 0.6) is 0 Å². The quantitative estimate of drug-likeness (QED) is 0.140. The van der Waals surface area contributed by atoms with E-state index < -0.39 is 0 Å². The number of amides is 2. The highest BCUT2D eigenvalue weighted by molar-refractivity contribution is 5.96. The molecule has 0 aliphatic carbocycles. The molecule has 1 rings (SSSR count). The minimum absolute atomic E-state index is 0.115. The first-order valence-electron chi connectivity index (χ1n) is 15.2. The SMILES string of the molecule is CCCCCCCCCCCCNC(=O)c1ccc(C(=O)NCCCCCCCCCCCC)nc1. The van der Waals surface area contributed by atoms with Crippen LogP contribution >= 0.6 is 0 Å². The van der Waals surface area contributed by atoms with E-state index in [2.05, 4.69) is 29.5 Å². The lowest BCUT2D eigenvalue weighted by Crippen LogP contribution is -2.27. The summed E-state index contributed by atoms with van der Waals surface area (Å²) in [5, 5.41) is 5.91. The molecule has 0 saturated carbocycles. The molecule has 0 spiro atoms. The van der Waals surface area contributed by atoms with Crippen LogP contribution < -0.4 is 10.6 Å². The molecular formula is C31H55N3O2. The molecule has 5 nitrogen and oxygen atoms in total. The lowest BCUT2D eigenvalue weighted by Gasteiger charge is -2.07. The third-order valence-corrected chi connectivity index (χ3v) is 6.89. The molecule has 0 aromatic carbocycles. The number of nitrogens with one attached hydrogen (secondary N) is 2. The Bertz CT molecular complexity index is 603. The number of nitrogens with zero attached hydrogens (tertiary/aromatic N) is 1. The molecule has 0 bridgehead atoms. The van der Waals surface area contributed by atoms with E-state index in [0.29, 0.717) is 24.3 Å². The molecular weight excluding hydrogens is 446 g/mol. The zero-order valence-corrected chi connectivity index (χ0v) is 23.6. The molecule has 0 atom stereocenters. The lowest BCUT2D eigenvalue weighted by atomic mass is 10.1. The Morgan fingerprint density at radius 3 is 1.33 bits per heavy atom. The summed E-state index contributed by atoms with van der Waals surface area (Å²) in [4.78, 5) is 28.8. The van der Waals surface area contributed by atoms with E-state index in [-0.39, 0.29) is 11.8 Å². The molecule has 36 heavy (non-hydrogen) atoms. The van der Waals surface area contributed by atoms with Gasteiger partial charge in [-0.2, -0.15) is 0 Å². The van der Waals surface area contributed by atoms with Crippen molar-refractivity contribution in [2.45, 2.75) is 142 Å². The van der Waals surface area contributed by atoms with Gasteiger partial charge in [-0.05, 0) is 25.0 Å². The number of aromatic nitrogens is 1. The second kappa shape index (κ2) is 23.5. The van der Waals surface area contributed by atoms with Gasteiger partial charge in [0, 0.05) is 19.3 Å². The fourth-order valence-corrected chi connectivity index (χ4v) is 4.48. The van der Waals surface area contributed by atoms with Gasteiger partial charge < -0.3 is 10.6 Å². The van der Waals surface area contributed by atoms with Crippen molar-refractivity contribution in [1.29, 1.82) is 0 Å². The van der Waals surface area contributed by atoms with E-state index in [1.54, 1.807) is 12.1 Å². The van der Waals surface area contributed by atoms with Crippen LogP contribution in [0.25, 0.3) is 0 Å². The molecule has 0 aliphatic heterocycles. The highest BCUT2D eigenvalue weighted by atomic mass is 16.2. The standard InChI is InChI=1S/C31H55N3O2/c1-3-5-7-9-11-13-15-17-19-21-25-32-30(35)28-23-24-29(34-27-28)31(36)33-26-22-20-18-16-14-12-10-8-6-4-2/h23-24,27H,3-22,25-26H2,1-2H3,(H,32,35)(H,33,36). The normalized spacial score (nSPS) is 10.9. The Morgan fingerprint density at radius 1 is 0.556 bits per heavy atom. The van der Waals surface area contributed by atoms with Crippen LogP contribution in [0.3, 0.4) is 0 Å². The van der Waals surface area contributed by atoms with E-state index in [1.165, 1.54) is 109 Å². The van der Waals surface area contributed by atoms with Gasteiger partial charge in [-0.25, -0.2) is 0 Å². The number of carbonyl (C=O) groups is 2. The molecule has 2 amide bonds. The number of rotatable bonds is 24. The largest absolute Gasteiger partial charge is 0.352 e. The van der Waals surface area contributed by atoms with Crippen LogP contribution in [0.4, 0.5) is 0 Å². The summed E-state index contributed by atoms with van der Waals surface area (Å²) < 4.78 is 0. The summed E-state index contributed by atoms with van der Waals surface area (Å²) in [5.74, 6) is -0.279. The summed E-state index contributed by atoms with van der Waals surface area (Å²) in [5.41, 5.74) is 0.877. The zero-order chi connectivity index (χ0) is 26.1. The van der Waals surface area contributed by atoms with E-state index in [0.717, 1.165) is 25.7 Å². The van der Waals surface area contributed by atoms with E-state index in [9.17, 15) is 9.59 Å². The summed E-state index contributed by atoms with van der Waals surface area (Å²) in [6.45, 7) is 5.88. The molecule has 206 valence electrons. The zero-order valence-electron chi connectivity index (χ0n) is 23.6. The second-order valence-electron chi connectivity index (χ2n) is 10.3. The van der Waals surface area contributed by atoms with Crippen molar-refractivity contribution in [2.75, 3.05) is 13.1 Å². The number of hydrogen-bond donors (Lipinski definition) is 2. The predicted molar refractivity (Wildman–Crippen MR) is 153 cm³/mol. The van der Waals surface area contributed by atoms with Crippen LogP contribution in [0.2, 0.25) is 0 Å². The molecule has 2 N–H and O–H groups in total. The molecule has 1 aromatic rings. The molecule has 0 unspecified atom stereocenters. The molecule has 5 heteroatoms. The Morgan fingerprint density at radius 2 is 0.944 bits per heavy atom. The van der Waals surface area contributed by atoms with Gasteiger partial charge in [0.05, 0.1) is 5.56 Å². The van der Waals surface area contributed by atoms with Gasteiger partial charge in [-0.1, -0.05) is 129 Å². The topological polar surface area (TPSA) is 71.1 Å². The second-order valence-corrected chi connectivity index (χ2v) is 10.3. The highest BCUT2D eigenvalue weighted by Gasteiger charge is 2.10. The van der Waals surface area contributed by atoms with Crippen molar-refractivity contribution in [2.24, 2.45) is 0 Å². The Balaban J connectivity index is 2.04. The average Bonchev–Trinajstić information content (AvgIpc) is 2.90. The molecule has 0 radical (unpaired) electrons. The monoisotopic (exact) mass is 501 g/mol. The fourth-order valence-electron chi connectivity index (χ4n) is 4.48. The van der Waals surface area contributed by atoms with Gasteiger partial charge in [-0.15, -0.1) is 0 Å². The van der Waals surface area contributed by atoms with Crippen LogP contribution in [0, 0.1) is 0 Å². The predicted octanol–water partition coefficient (Wildman–Crippen LogP) is 8.38. The number of hydrogen-bond acceptors (Lipinski definition) is 3. The number of unbranched alkanes of at least 4 members (excludes halogenated alkanes) is 18. The Hall–Kier alpha value is -1.91. The smallest absolute Gasteiger partial charge is 0.269 e. The maximum absolute atomic E-state index is 12.3. The van der Waals surface area contributed by atoms with Gasteiger partial charge in [0.1, 0.15) is 5.69 Å². The van der Waals surface area contributed by atoms with Gasteiger partial charge in [-0.3, -0.25) is 14.6 Å². The van der Waals surface area contributed by atoms with Crippen LogP contribution in [0.15, 0.2) is 18.3 Å². The Kier molecular flexibility index (Phi) is 21.0. The lowest BCUT2D eigenvalue weighted by molar-refractivity contribution is 0.0937. The molecule has 0 aliphatic rings. The highest BCUT2D eigenvalue weighted by Crippen LogP contribution is 2.11. The average molecular weight is 502 g/mol. The van der Waals surface area contributed by atoms with Crippen LogP contribution in [-0.4, -0.2) is 29.9 Å². The van der Waals surface area contributed by atoms with Crippen molar-refractivity contribution >= 4 is 11.8 Å². The molecule has 1 aromatic heterocycles. The first-order chi connectivity index (χ1) is 17.7. The third kappa shape index (κ3) is 17.5. The van der Waals surface area contributed by atoms with Gasteiger partial charge in [0.2, 0.25) is 0 Å². The maximum atomic E-state index is 12.3. The molecule has 1 heterocycles. The minimum Gasteiger partial charge on any atom is -0.352 e. The summed E-state index contributed by atoms with van der Waals surface area (Å²) >= 11 is 0. The van der Waals surface area contributed by atoms with Crippen LogP contribution in [0.1, 0.15) is 163 Å². The summed E-state index contributed by atoms with van der Waals surface area (Å²) in [7, 11) is 0. The van der Waals surface area contributed by atoms with Crippen LogP contribution in [-0.2, 0) is 0 Å². The third-order valence-electron chi connectivity index (χ3n) is 6.89. The van der Waals surface area contributed by atoms with Crippen molar-refractivity contribution in [3.63, 3.8) is 0 Å². The summed E-state index contributed by atoms with van der Waals surface area (Å²) in [6, 6.07) is 3.33.